The van der Waals surface area contributed by atoms with Crippen molar-refractivity contribution in [2.75, 3.05) is 13.7 Å². The first-order valence-corrected chi connectivity index (χ1v) is 7.99. The second-order valence-corrected chi connectivity index (χ2v) is 5.33. The molecule has 0 bridgehead atoms. The highest BCUT2D eigenvalue weighted by Crippen LogP contribution is 2.31. The highest BCUT2D eigenvalue weighted by atomic mass is 16.5. The number of ether oxygens (including phenoxy) is 2. The number of hydrogen-bond acceptors (Lipinski definition) is 6. The zero-order valence-corrected chi connectivity index (χ0v) is 14.4. The van der Waals surface area contributed by atoms with E-state index in [2.05, 4.69) is 11.1 Å². The van der Waals surface area contributed by atoms with Crippen LogP contribution >= 0.6 is 0 Å². The fourth-order valence-corrected chi connectivity index (χ4v) is 2.41. The summed E-state index contributed by atoms with van der Waals surface area (Å²) in [7, 11) is 1.59. The average molecular weight is 348 g/mol. The lowest BCUT2D eigenvalue weighted by Crippen LogP contribution is -2.06. The van der Waals surface area contributed by atoms with Crippen molar-refractivity contribution in [1.29, 1.82) is 5.26 Å². The van der Waals surface area contributed by atoms with Crippen LogP contribution in [0.2, 0.25) is 0 Å². The first-order valence-electron chi connectivity index (χ1n) is 7.99. The lowest BCUT2D eigenvalue weighted by Gasteiger charge is -2.01. The Labute approximate surface area is 150 Å². The molecule has 0 unspecified atom stereocenters. The molecular formula is C20H16N2O4. The van der Waals surface area contributed by atoms with Crippen LogP contribution in [0.15, 0.2) is 52.9 Å². The van der Waals surface area contributed by atoms with Crippen molar-refractivity contribution in [2.45, 2.75) is 6.92 Å². The minimum Gasteiger partial charge on any atom is -0.497 e. The molecule has 0 fully saturated rings. The third-order valence-corrected chi connectivity index (χ3v) is 3.71. The topological polar surface area (TPSA) is 85.3 Å². The SMILES string of the molecule is CCOC(=O)c1nc(-c2ccc(OC)cc2)oc1-c1ccc(C#N)cc1. The summed E-state index contributed by atoms with van der Waals surface area (Å²) in [6.45, 7) is 1.96. The molecule has 3 aromatic rings. The Bertz CT molecular complexity index is 951. The van der Waals surface area contributed by atoms with Crippen LogP contribution in [0.1, 0.15) is 23.0 Å². The van der Waals surface area contributed by atoms with Gasteiger partial charge in [0.2, 0.25) is 5.89 Å². The van der Waals surface area contributed by atoms with Crippen molar-refractivity contribution in [3.05, 3.63) is 59.8 Å². The number of rotatable bonds is 5. The Morgan fingerprint density at radius 2 is 1.77 bits per heavy atom. The van der Waals surface area contributed by atoms with Crippen molar-refractivity contribution >= 4 is 5.97 Å². The highest BCUT2D eigenvalue weighted by Gasteiger charge is 2.23. The average Bonchev–Trinajstić information content (AvgIpc) is 3.14. The highest BCUT2D eigenvalue weighted by molar-refractivity contribution is 5.94. The molecule has 0 radical (unpaired) electrons. The number of nitrogens with zero attached hydrogens (tertiary/aromatic N) is 2. The second-order valence-electron chi connectivity index (χ2n) is 5.33. The van der Waals surface area contributed by atoms with E-state index < -0.39 is 5.97 Å². The molecule has 6 heteroatoms. The van der Waals surface area contributed by atoms with Crippen LogP contribution in [0, 0.1) is 11.3 Å². The van der Waals surface area contributed by atoms with Gasteiger partial charge in [-0.05, 0) is 55.5 Å². The summed E-state index contributed by atoms with van der Waals surface area (Å²) in [5.41, 5.74) is 1.96. The minimum atomic E-state index is -0.560. The molecule has 0 amide bonds. The number of nitriles is 1. The van der Waals surface area contributed by atoms with Gasteiger partial charge in [-0.3, -0.25) is 0 Å². The predicted molar refractivity (Wildman–Crippen MR) is 94.6 cm³/mol. The van der Waals surface area contributed by atoms with E-state index in [9.17, 15) is 4.79 Å². The molecule has 1 heterocycles. The van der Waals surface area contributed by atoms with E-state index in [1.54, 1.807) is 62.6 Å². The fraction of sp³-hybridized carbons (Fsp3) is 0.150. The van der Waals surface area contributed by atoms with Gasteiger partial charge in [0.05, 0.1) is 25.3 Å². The molecule has 6 nitrogen and oxygen atoms in total. The van der Waals surface area contributed by atoms with Crippen molar-refractivity contribution in [3.63, 3.8) is 0 Å². The summed E-state index contributed by atoms with van der Waals surface area (Å²) >= 11 is 0. The van der Waals surface area contributed by atoms with Crippen LogP contribution in [0.25, 0.3) is 22.8 Å². The number of carbonyl (C=O) groups excluding carboxylic acids is 1. The molecule has 0 aliphatic carbocycles. The molecule has 0 atom stereocenters. The maximum atomic E-state index is 12.3. The van der Waals surface area contributed by atoms with Gasteiger partial charge in [-0.25, -0.2) is 9.78 Å². The molecule has 0 saturated carbocycles. The van der Waals surface area contributed by atoms with Crippen LogP contribution in [-0.4, -0.2) is 24.7 Å². The predicted octanol–water partition coefficient (Wildman–Crippen LogP) is 4.07. The van der Waals surface area contributed by atoms with E-state index in [1.807, 2.05) is 0 Å². The molecule has 0 aliphatic rings. The monoisotopic (exact) mass is 348 g/mol. The summed E-state index contributed by atoms with van der Waals surface area (Å²) < 4.78 is 16.1. The van der Waals surface area contributed by atoms with Crippen molar-refractivity contribution in [3.8, 4) is 34.6 Å². The lowest BCUT2D eigenvalue weighted by molar-refractivity contribution is 0.0520. The number of methoxy groups -OCH3 is 1. The van der Waals surface area contributed by atoms with Crippen LogP contribution in [0.3, 0.4) is 0 Å². The van der Waals surface area contributed by atoms with Gasteiger partial charge in [-0.1, -0.05) is 0 Å². The van der Waals surface area contributed by atoms with E-state index >= 15 is 0 Å². The molecule has 0 spiro atoms. The van der Waals surface area contributed by atoms with Gasteiger partial charge in [0.25, 0.3) is 0 Å². The summed E-state index contributed by atoms with van der Waals surface area (Å²) in [5.74, 6) is 0.752. The molecule has 3 rings (SSSR count). The molecule has 0 N–H and O–H groups in total. The summed E-state index contributed by atoms with van der Waals surface area (Å²) in [4.78, 5) is 16.6. The molecular weight excluding hydrogens is 332 g/mol. The maximum absolute atomic E-state index is 12.3. The Balaban J connectivity index is 2.07. The Kier molecular flexibility index (Phi) is 4.99. The number of hydrogen-bond donors (Lipinski definition) is 0. The first kappa shape index (κ1) is 17.2. The molecule has 2 aromatic carbocycles. The van der Waals surface area contributed by atoms with E-state index in [0.29, 0.717) is 34.1 Å². The Morgan fingerprint density at radius 3 is 2.35 bits per heavy atom. The standard InChI is InChI=1S/C20H16N2O4/c1-3-25-20(23)17-18(14-6-4-13(12-21)5-7-14)26-19(22-17)15-8-10-16(24-2)11-9-15/h4-11H,3H2,1-2H3. The maximum Gasteiger partial charge on any atom is 0.361 e. The van der Waals surface area contributed by atoms with Gasteiger partial charge < -0.3 is 13.9 Å². The van der Waals surface area contributed by atoms with Gasteiger partial charge in [0.15, 0.2) is 11.5 Å². The summed E-state index contributed by atoms with van der Waals surface area (Å²) in [6, 6.07) is 15.9. The summed E-state index contributed by atoms with van der Waals surface area (Å²) in [5, 5.41) is 8.94. The fourth-order valence-electron chi connectivity index (χ4n) is 2.41. The lowest BCUT2D eigenvalue weighted by atomic mass is 10.1. The zero-order valence-electron chi connectivity index (χ0n) is 14.4. The van der Waals surface area contributed by atoms with Gasteiger partial charge in [-0.15, -0.1) is 0 Å². The van der Waals surface area contributed by atoms with Crippen LogP contribution in [0.4, 0.5) is 0 Å². The minimum absolute atomic E-state index is 0.0994. The smallest absolute Gasteiger partial charge is 0.361 e. The van der Waals surface area contributed by atoms with Crippen molar-refractivity contribution in [2.24, 2.45) is 0 Å². The quantitative estimate of drug-likeness (QED) is 0.646. The largest absolute Gasteiger partial charge is 0.497 e. The second kappa shape index (κ2) is 7.53. The number of benzene rings is 2. The molecule has 1 aromatic heterocycles. The Hall–Kier alpha value is -3.59. The third-order valence-electron chi connectivity index (χ3n) is 3.71. The van der Waals surface area contributed by atoms with Gasteiger partial charge in [0, 0.05) is 11.1 Å². The van der Waals surface area contributed by atoms with E-state index in [4.69, 9.17) is 19.2 Å². The zero-order chi connectivity index (χ0) is 18.5. The number of esters is 1. The van der Waals surface area contributed by atoms with Gasteiger partial charge in [0.1, 0.15) is 5.75 Å². The molecule has 0 aliphatic heterocycles. The molecule has 26 heavy (non-hydrogen) atoms. The van der Waals surface area contributed by atoms with Gasteiger partial charge in [-0.2, -0.15) is 5.26 Å². The van der Waals surface area contributed by atoms with E-state index in [1.165, 1.54) is 0 Å². The summed E-state index contributed by atoms with van der Waals surface area (Å²) in [6.07, 6.45) is 0. The van der Waals surface area contributed by atoms with E-state index in [-0.39, 0.29) is 12.3 Å². The van der Waals surface area contributed by atoms with Crippen molar-refractivity contribution in [1.82, 2.24) is 4.98 Å². The number of carbonyl (C=O) groups is 1. The third kappa shape index (κ3) is 3.42. The Morgan fingerprint density at radius 1 is 1.12 bits per heavy atom. The van der Waals surface area contributed by atoms with Crippen LogP contribution < -0.4 is 4.74 Å². The van der Waals surface area contributed by atoms with Crippen molar-refractivity contribution < 1.29 is 18.7 Å². The molecule has 130 valence electrons. The van der Waals surface area contributed by atoms with Crippen LogP contribution in [0.5, 0.6) is 5.75 Å². The van der Waals surface area contributed by atoms with Gasteiger partial charge >= 0.3 is 5.97 Å². The number of oxazole rings is 1. The molecule has 0 saturated heterocycles. The van der Waals surface area contributed by atoms with E-state index in [0.717, 1.165) is 0 Å². The van der Waals surface area contributed by atoms with Crippen LogP contribution in [-0.2, 0) is 4.74 Å². The first-order chi connectivity index (χ1) is 12.7. The normalized spacial score (nSPS) is 10.2. The number of aromatic nitrogens is 1.